The second-order valence-corrected chi connectivity index (χ2v) is 5.69. The van der Waals surface area contributed by atoms with Gasteiger partial charge in [0.25, 0.3) is 0 Å². The molecule has 0 heterocycles. The number of halogens is 1. The first-order chi connectivity index (χ1) is 10.1. The quantitative estimate of drug-likeness (QED) is 0.793. The van der Waals surface area contributed by atoms with Gasteiger partial charge < -0.3 is 19.9 Å². The zero-order valence-electron chi connectivity index (χ0n) is 12.6. The molecule has 0 bridgehead atoms. The van der Waals surface area contributed by atoms with Crippen LogP contribution in [0.1, 0.15) is 24.9 Å². The van der Waals surface area contributed by atoms with Gasteiger partial charge in [-0.1, -0.05) is 23.8 Å². The van der Waals surface area contributed by atoms with E-state index in [0.717, 1.165) is 17.7 Å². The lowest BCUT2D eigenvalue weighted by atomic mass is 10.0. The van der Waals surface area contributed by atoms with Crippen LogP contribution < -0.4 is 14.8 Å². The smallest absolute Gasteiger partial charge is 0.141 e. The summed E-state index contributed by atoms with van der Waals surface area (Å²) in [6, 6.07) is 4.01. The van der Waals surface area contributed by atoms with E-state index in [4.69, 9.17) is 21.1 Å². The zero-order valence-corrected chi connectivity index (χ0v) is 13.4. The standard InChI is InChI=1S/C16H22ClNO3/c1-10(18-12-5-4-11(6-12)9-19)13-7-14(17)16(21-3)8-15(13)20-2/h4-5,7-8,10-12,18-19H,6,9H2,1-3H3/t10-,11-,12+/m0/s1. The number of aliphatic hydroxyl groups excluding tert-OH is 1. The molecular formula is C16H22ClNO3. The van der Waals surface area contributed by atoms with Gasteiger partial charge in [-0.25, -0.2) is 0 Å². The van der Waals surface area contributed by atoms with Crippen LogP contribution in [0.25, 0.3) is 0 Å². The summed E-state index contributed by atoms with van der Waals surface area (Å²) >= 11 is 6.21. The van der Waals surface area contributed by atoms with Gasteiger partial charge in [0, 0.05) is 36.2 Å². The highest BCUT2D eigenvalue weighted by Gasteiger charge is 2.22. The van der Waals surface area contributed by atoms with Crippen LogP contribution >= 0.6 is 11.6 Å². The van der Waals surface area contributed by atoms with Crippen LogP contribution in [0.5, 0.6) is 11.5 Å². The van der Waals surface area contributed by atoms with E-state index in [1.54, 1.807) is 20.3 Å². The molecule has 0 aromatic heterocycles. The molecule has 0 amide bonds. The summed E-state index contributed by atoms with van der Waals surface area (Å²) in [6.07, 6.45) is 5.07. The minimum atomic E-state index is 0.0791. The molecule has 0 spiro atoms. The van der Waals surface area contributed by atoms with E-state index in [-0.39, 0.29) is 24.6 Å². The van der Waals surface area contributed by atoms with E-state index < -0.39 is 0 Å². The summed E-state index contributed by atoms with van der Waals surface area (Å²) in [5, 5.41) is 13.3. The number of hydrogen-bond donors (Lipinski definition) is 2. The maximum Gasteiger partial charge on any atom is 0.141 e. The largest absolute Gasteiger partial charge is 0.496 e. The Balaban J connectivity index is 2.13. The first kappa shape index (κ1) is 16.1. The molecule has 1 aliphatic rings. The third-order valence-corrected chi connectivity index (χ3v) is 4.14. The van der Waals surface area contributed by atoms with Gasteiger partial charge in [-0.05, 0) is 19.4 Å². The van der Waals surface area contributed by atoms with Gasteiger partial charge in [0.2, 0.25) is 0 Å². The molecule has 0 unspecified atom stereocenters. The maximum atomic E-state index is 9.18. The van der Waals surface area contributed by atoms with Crippen LogP contribution in [0.2, 0.25) is 5.02 Å². The van der Waals surface area contributed by atoms with Gasteiger partial charge in [0.1, 0.15) is 11.5 Å². The minimum absolute atomic E-state index is 0.0791. The molecular weight excluding hydrogens is 290 g/mol. The minimum Gasteiger partial charge on any atom is -0.496 e. The summed E-state index contributed by atoms with van der Waals surface area (Å²) in [4.78, 5) is 0. The average molecular weight is 312 g/mol. The maximum absolute atomic E-state index is 9.18. The Kier molecular flexibility index (Phi) is 5.51. The molecule has 0 fully saturated rings. The van der Waals surface area contributed by atoms with E-state index in [2.05, 4.69) is 24.4 Å². The van der Waals surface area contributed by atoms with E-state index in [9.17, 15) is 5.11 Å². The van der Waals surface area contributed by atoms with Crippen molar-refractivity contribution in [1.82, 2.24) is 5.32 Å². The monoisotopic (exact) mass is 311 g/mol. The molecule has 1 aliphatic carbocycles. The van der Waals surface area contributed by atoms with Crippen molar-refractivity contribution in [3.05, 3.63) is 34.9 Å². The van der Waals surface area contributed by atoms with Gasteiger partial charge >= 0.3 is 0 Å². The molecule has 0 saturated heterocycles. The van der Waals surface area contributed by atoms with Crippen molar-refractivity contribution in [2.45, 2.75) is 25.4 Å². The fraction of sp³-hybridized carbons (Fsp3) is 0.500. The van der Waals surface area contributed by atoms with E-state index >= 15 is 0 Å². The van der Waals surface area contributed by atoms with Crippen molar-refractivity contribution in [1.29, 1.82) is 0 Å². The lowest BCUT2D eigenvalue weighted by molar-refractivity contribution is 0.245. The van der Waals surface area contributed by atoms with Crippen LogP contribution in [0, 0.1) is 5.92 Å². The molecule has 2 N–H and O–H groups in total. The molecule has 0 radical (unpaired) electrons. The van der Waals surface area contributed by atoms with Crippen molar-refractivity contribution in [2.24, 2.45) is 5.92 Å². The van der Waals surface area contributed by atoms with Crippen LogP contribution in [0.3, 0.4) is 0 Å². The molecule has 2 rings (SSSR count). The lowest BCUT2D eigenvalue weighted by Crippen LogP contribution is -2.29. The molecule has 5 heteroatoms. The number of aliphatic hydroxyl groups is 1. The third kappa shape index (κ3) is 3.70. The number of rotatable bonds is 6. The normalized spacial score (nSPS) is 22.3. The first-order valence-corrected chi connectivity index (χ1v) is 7.43. The Bertz CT molecular complexity index is 518. The molecule has 21 heavy (non-hydrogen) atoms. The fourth-order valence-electron chi connectivity index (χ4n) is 2.67. The Morgan fingerprint density at radius 1 is 1.29 bits per heavy atom. The Labute approximate surface area is 130 Å². The molecule has 1 aromatic rings. The van der Waals surface area contributed by atoms with E-state index in [1.165, 1.54) is 0 Å². The van der Waals surface area contributed by atoms with Gasteiger partial charge in [-0.3, -0.25) is 0 Å². The second-order valence-electron chi connectivity index (χ2n) is 5.29. The molecule has 1 aromatic carbocycles. The third-order valence-electron chi connectivity index (χ3n) is 3.84. The van der Waals surface area contributed by atoms with Crippen LogP contribution in [-0.4, -0.2) is 32.0 Å². The summed E-state index contributed by atoms with van der Waals surface area (Å²) in [7, 11) is 3.22. The molecule has 116 valence electrons. The van der Waals surface area contributed by atoms with Crippen molar-refractivity contribution >= 4 is 11.6 Å². The predicted molar refractivity (Wildman–Crippen MR) is 84.2 cm³/mol. The highest BCUT2D eigenvalue weighted by molar-refractivity contribution is 6.32. The van der Waals surface area contributed by atoms with Crippen LogP contribution in [0.4, 0.5) is 0 Å². The Morgan fingerprint density at radius 2 is 2.00 bits per heavy atom. The molecule has 0 saturated carbocycles. The number of methoxy groups -OCH3 is 2. The van der Waals surface area contributed by atoms with Crippen molar-refractivity contribution in [3.8, 4) is 11.5 Å². The van der Waals surface area contributed by atoms with Crippen LogP contribution in [-0.2, 0) is 0 Å². The topological polar surface area (TPSA) is 50.7 Å². The first-order valence-electron chi connectivity index (χ1n) is 7.05. The highest BCUT2D eigenvalue weighted by Crippen LogP contribution is 2.36. The number of benzene rings is 1. The van der Waals surface area contributed by atoms with Gasteiger partial charge in [0.15, 0.2) is 0 Å². The van der Waals surface area contributed by atoms with Gasteiger partial charge in [-0.2, -0.15) is 0 Å². The SMILES string of the molecule is COc1cc(OC)c([C@H](C)N[C@@H]2C=C[C@H](CO)C2)cc1Cl. The van der Waals surface area contributed by atoms with Crippen LogP contribution in [0.15, 0.2) is 24.3 Å². The van der Waals surface area contributed by atoms with Crippen molar-refractivity contribution in [3.63, 3.8) is 0 Å². The number of hydrogen-bond acceptors (Lipinski definition) is 4. The van der Waals surface area contributed by atoms with Gasteiger partial charge in [0.05, 0.1) is 19.2 Å². The van der Waals surface area contributed by atoms with E-state index in [0.29, 0.717) is 10.8 Å². The summed E-state index contributed by atoms with van der Waals surface area (Å²) in [5.74, 6) is 1.60. The summed E-state index contributed by atoms with van der Waals surface area (Å²) < 4.78 is 10.6. The molecule has 3 atom stereocenters. The Morgan fingerprint density at radius 3 is 2.57 bits per heavy atom. The fourth-order valence-corrected chi connectivity index (χ4v) is 2.92. The molecule has 0 aliphatic heterocycles. The molecule has 4 nitrogen and oxygen atoms in total. The van der Waals surface area contributed by atoms with Crippen molar-refractivity contribution in [2.75, 3.05) is 20.8 Å². The second kappa shape index (κ2) is 7.16. The number of nitrogens with one attached hydrogen (secondary N) is 1. The zero-order chi connectivity index (χ0) is 15.4. The van der Waals surface area contributed by atoms with E-state index in [1.807, 2.05) is 6.07 Å². The Hall–Kier alpha value is -1.23. The summed E-state index contributed by atoms with van der Waals surface area (Å²) in [6.45, 7) is 2.27. The van der Waals surface area contributed by atoms with Crippen molar-refractivity contribution < 1.29 is 14.6 Å². The average Bonchev–Trinajstić information content (AvgIpc) is 2.94. The predicted octanol–water partition coefficient (Wildman–Crippen LogP) is 2.94. The number of ether oxygens (including phenoxy) is 2. The highest BCUT2D eigenvalue weighted by atomic mass is 35.5. The van der Waals surface area contributed by atoms with Gasteiger partial charge in [-0.15, -0.1) is 0 Å². The summed E-state index contributed by atoms with van der Waals surface area (Å²) in [5.41, 5.74) is 0.990. The lowest BCUT2D eigenvalue weighted by Gasteiger charge is -2.22.